The molecule has 0 bridgehead atoms. The summed E-state index contributed by atoms with van der Waals surface area (Å²) in [6.45, 7) is 0.153. The molecule has 0 aliphatic rings. The molecule has 0 saturated carbocycles. The molecule has 19 heavy (non-hydrogen) atoms. The number of nitrogen functional groups attached to an aromatic ring is 1. The Morgan fingerprint density at radius 2 is 2.05 bits per heavy atom. The van der Waals surface area contributed by atoms with Crippen LogP contribution in [-0.4, -0.2) is 37.8 Å². The zero-order valence-electron chi connectivity index (χ0n) is 10.4. The van der Waals surface area contributed by atoms with Crippen molar-refractivity contribution >= 4 is 17.3 Å². The van der Waals surface area contributed by atoms with Crippen LogP contribution in [0.4, 0.5) is 24.5 Å². The molecule has 0 heterocycles. The zero-order chi connectivity index (χ0) is 14.6. The average Bonchev–Trinajstić information content (AvgIpc) is 2.19. The van der Waals surface area contributed by atoms with Crippen LogP contribution in [0.25, 0.3) is 0 Å². The quantitative estimate of drug-likeness (QED) is 0.821. The Labute approximate surface area is 108 Å². The first-order chi connectivity index (χ1) is 8.67. The van der Waals surface area contributed by atoms with Gasteiger partial charge in [0.1, 0.15) is 0 Å². The normalized spacial score (nSPS) is 11.5. The number of nitrogens with zero attached hydrogens (tertiary/aromatic N) is 1. The fourth-order valence-corrected chi connectivity index (χ4v) is 1.33. The highest BCUT2D eigenvalue weighted by atomic mass is 19.4. The Morgan fingerprint density at radius 1 is 1.42 bits per heavy atom. The van der Waals surface area contributed by atoms with E-state index in [0.717, 1.165) is 6.07 Å². The lowest BCUT2D eigenvalue weighted by Gasteiger charge is -2.13. The van der Waals surface area contributed by atoms with Crippen molar-refractivity contribution < 1.29 is 22.7 Å². The van der Waals surface area contributed by atoms with Crippen LogP contribution in [0.3, 0.4) is 0 Å². The maximum Gasteiger partial charge on any atom is 0.573 e. The molecule has 0 spiro atoms. The van der Waals surface area contributed by atoms with Crippen molar-refractivity contribution in [1.29, 1.82) is 0 Å². The van der Waals surface area contributed by atoms with E-state index in [9.17, 15) is 18.0 Å². The van der Waals surface area contributed by atoms with Crippen molar-refractivity contribution in [3.63, 3.8) is 0 Å². The Morgan fingerprint density at radius 3 is 2.53 bits per heavy atom. The number of halogens is 3. The third-order valence-electron chi connectivity index (χ3n) is 1.98. The maximum atomic E-state index is 12.0. The highest BCUT2D eigenvalue weighted by Crippen LogP contribution is 2.30. The number of hydrogen-bond acceptors (Lipinski definition) is 4. The smallest absolute Gasteiger partial charge is 0.404 e. The molecule has 1 rings (SSSR count). The molecule has 1 aromatic carbocycles. The van der Waals surface area contributed by atoms with Gasteiger partial charge in [0, 0.05) is 5.69 Å². The topological polar surface area (TPSA) is 67.6 Å². The molecule has 0 fully saturated rings. The summed E-state index contributed by atoms with van der Waals surface area (Å²) >= 11 is 0. The first-order valence-electron chi connectivity index (χ1n) is 5.27. The molecule has 5 nitrogen and oxygen atoms in total. The summed E-state index contributed by atoms with van der Waals surface area (Å²) in [5, 5.41) is 2.51. The van der Waals surface area contributed by atoms with E-state index >= 15 is 0 Å². The number of carbonyl (C=O) groups is 1. The molecular formula is C11H14F3N3O2. The van der Waals surface area contributed by atoms with E-state index < -0.39 is 12.1 Å². The van der Waals surface area contributed by atoms with Gasteiger partial charge in [-0.2, -0.15) is 0 Å². The van der Waals surface area contributed by atoms with E-state index in [1.165, 1.54) is 12.1 Å². The van der Waals surface area contributed by atoms with Gasteiger partial charge in [-0.3, -0.25) is 4.79 Å². The second kappa shape index (κ2) is 5.79. The molecule has 0 unspecified atom stereocenters. The third kappa shape index (κ3) is 5.47. The van der Waals surface area contributed by atoms with Gasteiger partial charge in [-0.05, 0) is 32.3 Å². The molecule has 0 radical (unpaired) electrons. The highest BCUT2D eigenvalue weighted by Gasteiger charge is 2.31. The second-order valence-electron chi connectivity index (χ2n) is 4.09. The fraction of sp³-hybridized carbons (Fsp3) is 0.364. The summed E-state index contributed by atoms with van der Waals surface area (Å²) in [4.78, 5) is 13.1. The van der Waals surface area contributed by atoms with Crippen molar-refractivity contribution in [2.45, 2.75) is 6.36 Å². The van der Waals surface area contributed by atoms with E-state index in [0.29, 0.717) is 5.69 Å². The van der Waals surface area contributed by atoms with E-state index in [1.807, 2.05) is 0 Å². The maximum absolute atomic E-state index is 12.0. The summed E-state index contributed by atoms with van der Waals surface area (Å²) in [7, 11) is 3.43. The molecule has 0 saturated heterocycles. The molecular weight excluding hydrogens is 263 g/mol. The SMILES string of the molecule is CN(C)CC(=O)Nc1ccc(OC(F)(F)F)c(N)c1. The molecule has 1 amide bonds. The van der Waals surface area contributed by atoms with Crippen LogP contribution in [0.15, 0.2) is 18.2 Å². The minimum Gasteiger partial charge on any atom is -0.404 e. The number of hydrogen-bond donors (Lipinski definition) is 2. The van der Waals surface area contributed by atoms with Crippen LogP contribution in [-0.2, 0) is 4.79 Å². The summed E-state index contributed by atoms with van der Waals surface area (Å²) in [6, 6.07) is 3.54. The monoisotopic (exact) mass is 277 g/mol. The highest BCUT2D eigenvalue weighted by molar-refractivity contribution is 5.92. The molecule has 3 N–H and O–H groups in total. The van der Waals surface area contributed by atoms with Gasteiger partial charge in [-0.15, -0.1) is 13.2 Å². The average molecular weight is 277 g/mol. The van der Waals surface area contributed by atoms with Gasteiger partial charge in [0.15, 0.2) is 5.75 Å². The van der Waals surface area contributed by atoms with E-state index in [2.05, 4.69) is 10.1 Å². The number of anilines is 2. The van der Waals surface area contributed by atoms with Crippen molar-refractivity contribution in [2.75, 3.05) is 31.7 Å². The lowest BCUT2D eigenvalue weighted by atomic mass is 10.2. The molecule has 0 aliphatic heterocycles. The largest absolute Gasteiger partial charge is 0.573 e. The third-order valence-corrected chi connectivity index (χ3v) is 1.98. The zero-order valence-corrected chi connectivity index (χ0v) is 10.4. The van der Waals surface area contributed by atoms with Crippen molar-refractivity contribution in [3.05, 3.63) is 18.2 Å². The van der Waals surface area contributed by atoms with Gasteiger partial charge in [0.05, 0.1) is 12.2 Å². The van der Waals surface area contributed by atoms with Crippen LogP contribution in [0.5, 0.6) is 5.75 Å². The van der Waals surface area contributed by atoms with E-state index in [4.69, 9.17) is 5.73 Å². The van der Waals surface area contributed by atoms with Gasteiger partial charge in [-0.25, -0.2) is 0 Å². The molecule has 0 aliphatic carbocycles. The van der Waals surface area contributed by atoms with Crippen molar-refractivity contribution in [3.8, 4) is 5.75 Å². The Bertz CT molecular complexity index is 461. The van der Waals surface area contributed by atoms with Crippen LogP contribution in [0.2, 0.25) is 0 Å². The number of benzene rings is 1. The second-order valence-corrected chi connectivity index (χ2v) is 4.09. The minimum atomic E-state index is -4.80. The Kier molecular flexibility index (Phi) is 4.60. The summed E-state index contributed by atoms with van der Waals surface area (Å²) < 4.78 is 39.8. The summed E-state index contributed by atoms with van der Waals surface area (Å²) in [5.41, 5.74) is 5.51. The Hall–Kier alpha value is -1.96. The number of carbonyl (C=O) groups excluding carboxylic acids is 1. The Balaban J connectivity index is 2.74. The predicted molar refractivity (Wildman–Crippen MR) is 64.7 cm³/mol. The number of nitrogens with one attached hydrogen (secondary N) is 1. The molecule has 8 heteroatoms. The van der Waals surface area contributed by atoms with Crippen molar-refractivity contribution in [2.24, 2.45) is 0 Å². The van der Waals surface area contributed by atoms with Gasteiger partial charge < -0.3 is 20.7 Å². The van der Waals surface area contributed by atoms with Crippen LogP contribution in [0, 0.1) is 0 Å². The van der Waals surface area contributed by atoms with Crippen LogP contribution >= 0.6 is 0 Å². The molecule has 1 aromatic rings. The van der Waals surface area contributed by atoms with Crippen LogP contribution < -0.4 is 15.8 Å². The summed E-state index contributed by atoms with van der Waals surface area (Å²) in [5.74, 6) is -0.799. The van der Waals surface area contributed by atoms with Gasteiger partial charge in [-0.1, -0.05) is 0 Å². The number of alkyl halides is 3. The van der Waals surface area contributed by atoms with Crippen LogP contribution in [0.1, 0.15) is 0 Å². The minimum absolute atomic E-state index is 0.153. The fourth-order valence-electron chi connectivity index (χ4n) is 1.33. The standard InChI is InChI=1S/C11H14F3N3O2/c1-17(2)6-10(18)16-7-3-4-9(8(15)5-7)19-11(12,13)14/h3-5H,6,15H2,1-2H3,(H,16,18). The molecule has 106 valence electrons. The van der Waals surface area contributed by atoms with Gasteiger partial charge in [0.2, 0.25) is 5.91 Å². The number of ether oxygens (including phenoxy) is 1. The number of rotatable bonds is 4. The van der Waals surface area contributed by atoms with E-state index in [1.54, 1.807) is 19.0 Å². The lowest BCUT2D eigenvalue weighted by molar-refractivity contribution is -0.274. The number of amides is 1. The number of likely N-dealkylation sites (N-methyl/N-ethyl adjacent to an activating group) is 1. The first-order valence-corrected chi connectivity index (χ1v) is 5.27. The first kappa shape index (κ1) is 15.1. The molecule has 0 aromatic heterocycles. The number of nitrogens with two attached hydrogens (primary N) is 1. The van der Waals surface area contributed by atoms with Crippen molar-refractivity contribution in [1.82, 2.24) is 4.90 Å². The predicted octanol–water partition coefficient (Wildman–Crippen LogP) is 1.67. The van der Waals surface area contributed by atoms with Gasteiger partial charge in [0.25, 0.3) is 0 Å². The lowest BCUT2D eigenvalue weighted by Crippen LogP contribution is -2.27. The summed E-state index contributed by atoms with van der Waals surface area (Å²) in [6.07, 6.45) is -4.80. The van der Waals surface area contributed by atoms with Gasteiger partial charge >= 0.3 is 6.36 Å². The van der Waals surface area contributed by atoms with E-state index in [-0.39, 0.29) is 18.1 Å². The molecule has 0 atom stereocenters.